The van der Waals surface area contributed by atoms with Crippen molar-refractivity contribution >= 4 is 5.82 Å². The van der Waals surface area contributed by atoms with Crippen LogP contribution in [0.2, 0.25) is 0 Å². The van der Waals surface area contributed by atoms with Gasteiger partial charge in [-0.1, -0.05) is 18.2 Å². The van der Waals surface area contributed by atoms with Crippen LogP contribution in [-0.2, 0) is 20.5 Å². The van der Waals surface area contributed by atoms with Gasteiger partial charge < -0.3 is 10.1 Å². The molecule has 7 heteroatoms. The van der Waals surface area contributed by atoms with Gasteiger partial charge >= 0.3 is 5.69 Å². The quantitative estimate of drug-likeness (QED) is 0.884. The Balaban J connectivity index is 1.84. The normalized spacial score (nSPS) is 15.6. The monoisotopic (exact) mass is 312 g/mol. The van der Waals surface area contributed by atoms with Gasteiger partial charge in [0.1, 0.15) is 23.7 Å². The molecule has 0 bridgehead atoms. The Kier molecular flexibility index (Phi) is 3.66. The van der Waals surface area contributed by atoms with E-state index in [2.05, 4.69) is 5.32 Å². The van der Waals surface area contributed by atoms with Gasteiger partial charge in [0.25, 0.3) is 5.56 Å². The molecule has 7 nitrogen and oxygen atoms in total. The molecule has 1 aliphatic heterocycles. The highest BCUT2D eigenvalue weighted by molar-refractivity contribution is 5.51. The minimum Gasteiger partial charge on any atom is -0.488 e. The van der Waals surface area contributed by atoms with Crippen molar-refractivity contribution in [3.8, 4) is 11.8 Å². The van der Waals surface area contributed by atoms with Crippen LogP contribution in [0.1, 0.15) is 11.1 Å². The molecule has 0 aliphatic carbocycles. The number of ether oxygens (including phenoxy) is 1. The highest BCUT2D eigenvalue weighted by Gasteiger charge is 2.23. The lowest BCUT2D eigenvalue weighted by atomic mass is 10.1. The van der Waals surface area contributed by atoms with Gasteiger partial charge in [-0.05, 0) is 11.6 Å². The molecule has 0 saturated carbocycles. The summed E-state index contributed by atoms with van der Waals surface area (Å²) < 4.78 is 8.00. The summed E-state index contributed by atoms with van der Waals surface area (Å²) in [6.45, 7) is 0.393. The number of para-hydroxylation sites is 1. The van der Waals surface area contributed by atoms with Crippen LogP contribution in [-0.4, -0.2) is 21.8 Å². The van der Waals surface area contributed by atoms with Gasteiger partial charge in [0.2, 0.25) is 0 Å². The number of hydrogen-bond donors (Lipinski definition) is 1. The molecule has 1 aromatic carbocycles. The Hall–Kier alpha value is -3.01. The van der Waals surface area contributed by atoms with Crippen LogP contribution in [0, 0.1) is 11.3 Å². The van der Waals surface area contributed by atoms with Gasteiger partial charge in [-0.3, -0.25) is 13.9 Å². The van der Waals surface area contributed by atoms with E-state index >= 15 is 0 Å². The maximum atomic E-state index is 12.0. The van der Waals surface area contributed by atoms with Crippen molar-refractivity contribution in [2.45, 2.75) is 12.5 Å². The first-order valence-corrected chi connectivity index (χ1v) is 7.21. The molecular weight excluding hydrogens is 296 g/mol. The fourth-order valence-corrected chi connectivity index (χ4v) is 2.73. The first-order chi connectivity index (χ1) is 11.0. The number of aromatic nitrogens is 2. The number of benzene rings is 1. The molecule has 2 heterocycles. The minimum absolute atomic E-state index is 0.0786. The third kappa shape index (κ3) is 2.48. The number of nitriles is 1. The van der Waals surface area contributed by atoms with Crippen LogP contribution < -0.4 is 21.3 Å². The molecule has 0 amide bonds. The molecule has 0 saturated heterocycles. The van der Waals surface area contributed by atoms with Crippen LogP contribution in [0.3, 0.4) is 0 Å². The van der Waals surface area contributed by atoms with Gasteiger partial charge in [-0.2, -0.15) is 5.26 Å². The van der Waals surface area contributed by atoms with Gasteiger partial charge in [-0.25, -0.2) is 4.79 Å². The summed E-state index contributed by atoms with van der Waals surface area (Å²) in [5, 5.41) is 12.2. The summed E-state index contributed by atoms with van der Waals surface area (Å²) in [7, 11) is 2.88. The second kappa shape index (κ2) is 5.65. The van der Waals surface area contributed by atoms with Crippen LogP contribution in [0.5, 0.6) is 5.75 Å². The Bertz CT molecular complexity index is 895. The number of fused-ring (bicyclic) bond motifs is 1. The predicted molar refractivity (Wildman–Crippen MR) is 84.7 cm³/mol. The lowest BCUT2D eigenvalue weighted by Gasteiger charge is -2.16. The number of nitrogens with zero attached hydrogens (tertiary/aromatic N) is 3. The maximum absolute atomic E-state index is 12.0. The fraction of sp³-hybridized carbons (Fsp3) is 0.312. The molecular formula is C16H16N4O3. The summed E-state index contributed by atoms with van der Waals surface area (Å²) in [5.41, 5.74) is -0.0383. The number of hydrogen-bond acceptors (Lipinski definition) is 5. The Morgan fingerprint density at radius 2 is 2.04 bits per heavy atom. The van der Waals surface area contributed by atoms with E-state index in [4.69, 9.17) is 4.74 Å². The van der Waals surface area contributed by atoms with Crippen LogP contribution >= 0.6 is 0 Å². The van der Waals surface area contributed by atoms with E-state index in [1.807, 2.05) is 30.3 Å². The highest BCUT2D eigenvalue weighted by Crippen LogP contribution is 2.28. The van der Waals surface area contributed by atoms with Gasteiger partial charge in [0.15, 0.2) is 5.56 Å². The molecule has 23 heavy (non-hydrogen) atoms. The van der Waals surface area contributed by atoms with Gasteiger partial charge in [-0.15, -0.1) is 0 Å². The van der Waals surface area contributed by atoms with Crippen LogP contribution in [0.25, 0.3) is 0 Å². The van der Waals surface area contributed by atoms with E-state index in [0.29, 0.717) is 6.54 Å². The third-order valence-electron chi connectivity index (χ3n) is 3.99. The summed E-state index contributed by atoms with van der Waals surface area (Å²) >= 11 is 0. The second-order valence-corrected chi connectivity index (χ2v) is 5.47. The number of anilines is 1. The standard InChI is InChI=1S/C16H16N4O3/c1-19-14(12(8-17)15(21)20(2)16(19)22)18-9-11-7-10-5-3-4-6-13(10)23-11/h3-6,11,18H,7,9H2,1-2H3. The molecule has 1 aliphatic rings. The van der Waals surface area contributed by atoms with E-state index < -0.39 is 11.2 Å². The first kappa shape index (κ1) is 14.9. The molecule has 1 unspecified atom stereocenters. The Labute approximate surface area is 132 Å². The van der Waals surface area contributed by atoms with Crippen molar-refractivity contribution in [1.82, 2.24) is 9.13 Å². The highest BCUT2D eigenvalue weighted by atomic mass is 16.5. The van der Waals surface area contributed by atoms with E-state index in [1.165, 1.54) is 18.7 Å². The Morgan fingerprint density at radius 1 is 1.30 bits per heavy atom. The van der Waals surface area contributed by atoms with Crippen molar-refractivity contribution in [2.24, 2.45) is 14.1 Å². The van der Waals surface area contributed by atoms with Crippen molar-refractivity contribution < 1.29 is 4.74 Å². The largest absolute Gasteiger partial charge is 0.488 e. The number of nitrogens with one attached hydrogen (secondary N) is 1. The molecule has 118 valence electrons. The van der Waals surface area contributed by atoms with Crippen molar-refractivity contribution in [3.05, 3.63) is 56.2 Å². The zero-order valence-corrected chi connectivity index (χ0v) is 12.9. The van der Waals surface area contributed by atoms with Crippen LogP contribution in [0.15, 0.2) is 33.9 Å². The molecule has 3 rings (SSSR count). The van der Waals surface area contributed by atoms with E-state index in [-0.39, 0.29) is 17.5 Å². The van der Waals surface area contributed by atoms with E-state index in [1.54, 1.807) is 0 Å². The zero-order chi connectivity index (χ0) is 16.6. The van der Waals surface area contributed by atoms with Gasteiger partial charge in [0, 0.05) is 20.5 Å². The van der Waals surface area contributed by atoms with E-state index in [9.17, 15) is 14.9 Å². The van der Waals surface area contributed by atoms with Crippen molar-refractivity contribution in [3.63, 3.8) is 0 Å². The third-order valence-corrected chi connectivity index (χ3v) is 3.99. The molecule has 1 aromatic heterocycles. The molecule has 0 fully saturated rings. The smallest absolute Gasteiger partial charge is 0.332 e. The second-order valence-electron chi connectivity index (χ2n) is 5.47. The number of rotatable bonds is 3. The predicted octanol–water partition coefficient (Wildman–Crippen LogP) is 0.371. The summed E-state index contributed by atoms with van der Waals surface area (Å²) in [6, 6.07) is 9.64. The Morgan fingerprint density at radius 3 is 2.74 bits per heavy atom. The molecule has 0 radical (unpaired) electrons. The summed E-state index contributed by atoms with van der Waals surface area (Å²) in [5.74, 6) is 1.07. The molecule has 2 aromatic rings. The summed E-state index contributed by atoms with van der Waals surface area (Å²) in [4.78, 5) is 24.0. The van der Waals surface area contributed by atoms with Crippen molar-refractivity contribution in [1.29, 1.82) is 5.26 Å². The van der Waals surface area contributed by atoms with E-state index in [0.717, 1.165) is 22.3 Å². The average Bonchev–Trinajstić information content (AvgIpc) is 2.97. The molecule has 0 spiro atoms. The maximum Gasteiger partial charge on any atom is 0.332 e. The molecule has 1 N–H and O–H groups in total. The van der Waals surface area contributed by atoms with Gasteiger partial charge in [0.05, 0.1) is 6.54 Å². The first-order valence-electron chi connectivity index (χ1n) is 7.21. The lowest BCUT2D eigenvalue weighted by Crippen LogP contribution is -2.40. The average molecular weight is 312 g/mol. The minimum atomic E-state index is -0.603. The summed E-state index contributed by atoms with van der Waals surface area (Å²) in [6.07, 6.45) is 0.627. The fourth-order valence-electron chi connectivity index (χ4n) is 2.73. The zero-order valence-electron chi connectivity index (χ0n) is 12.9. The molecule has 1 atom stereocenters. The lowest BCUT2D eigenvalue weighted by molar-refractivity contribution is 0.246. The topological polar surface area (TPSA) is 89.1 Å². The van der Waals surface area contributed by atoms with Crippen LogP contribution in [0.4, 0.5) is 5.82 Å². The SMILES string of the molecule is Cn1c(NCC2Cc3ccccc3O2)c(C#N)c(=O)n(C)c1=O. The van der Waals surface area contributed by atoms with Crippen molar-refractivity contribution in [2.75, 3.05) is 11.9 Å².